The number of halogens is 1. The second kappa shape index (κ2) is 9.07. The Labute approximate surface area is 193 Å². The molecule has 0 aliphatic heterocycles. The van der Waals surface area contributed by atoms with E-state index in [1.807, 2.05) is 12.3 Å². The van der Waals surface area contributed by atoms with Gasteiger partial charge in [0.1, 0.15) is 23.1 Å². The van der Waals surface area contributed by atoms with E-state index in [4.69, 9.17) is 4.74 Å². The van der Waals surface area contributed by atoms with Gasteiger partial charge >= 0.3 is 0 Å². The predicted molar refractivity (Wildman–Crippen MR) is 121 cm³/mol. The van der Waals surface area contributed by atoms with Crippen LogP contribution in [-0.2, 0) is 0 Å². The van der Waals surface area contributed by atoms with Crippen LogP contribution in [0.4, 0.5) is 4.39 Å². The largest absolute Gasteiger partial charge is 0.492 e. The minimum Gasteiger partial charge on any atom is -0.492 e. The van der Waals surface area contributed by atoms with Gasteiger partial charge < -0.3 is 10.1 Å². The summed E-state index contributed by atoms with van der Waals surface area (Å²) in [5.41, 5.74) is 0.719. The minimum atomic E-state index is -0.359. The number of carbonyl (C=O) groups excluding carboxylic acids is 1. The summed E-state index contributed by atoms with van der Waals surface area (Å²) >= 11 is 1.42. The Hall–Kier alpha value is -3.66. The third-order valence-electron chi connectivity index (χ3n) is 5.52. The first-order valence-corrected chi connectivity index (χ1v) is 11.5. The molecule has 4 aromatic rings. The third-order valence-corrected chi connectivity index (χ3v) is 6.29. The van der Waals surface area contributed by atoms with Gasteiger partial charge in [-0.15, -0.1) is 21.5 Å². The number of para-hydroxylation sites is 1. The average Bonchev–Trinajstić information content (AvgIpc) is 3.47. The fourth-order valence-electron chi connectivity index (χ4n) is 3.88. The summed E-state index contributed by atoms with van der Waals surface area (Å²) in [4.78, 5) is 21.0. The second-order valence-electron chi connectivity index (χ2n) is 7.66. The smallest absolute Gasteiger partial charge is 0.270 e. The number of carbonyl (C=O) groups is 1. The van der Waals surface area contributed by atoms with Crippen molar-refractivity contribution >= 4 is 17.2 Å². The van der Waals surface area contributed by atoms with Crippen LogP contribution in [0.25, 0.3) is 16.5 Å². The summed E-state index contributed by atoms with van der Waals surface area (Å²) in [5.74, 6) is 1.24. The lowest BCUT2D eigenvalue weighted by molar-refractivity contribution is 0.0902. The fraction of sp³-hybridized carbons (Fsp3) is 0.261. The normalized spacial score (nSPS) is 17.4. The molecule has 0 atom stereocenters. The maximum absolute atomic E-state index is 14.7. The van der Waals surface area contributed by atoms with Crippen molar-refractivity contribution in [3.05, 3.63) is 71.5 Å². The van der Waals surface area contributed by atoms with Crippen molar-refractivity contribution in [1.82, 2.24) is 30.0 Å². The van der Waals surface area contributed by atoms with Crippen LogP contribution < -0.4 is 10.1 Å². The molecule has 8 nitrogen and oxygen atoms in total. The molecule has 0 spiro atoms. The average molecular weight is 465 g/mol. The number of nitrogens with zero attached hydrogens (tertiary/aromatic N) is 5. The van der Waals surface area contributed by atoms with Crippen molar-refractivity contribution in [3.63, 3.8) is 0 Å². The van der Waals surface area contributed by atoms with E-state index >= 15 is 0 Å². The molecule has 1 fully saturated rings. The van der Waals surface area contributed by atoms with Crippen LogP contribution in [0.15, 0.2) is 54.2 Å². The van der Waals surface area contributed by atoms with E-state index in [0.29, 0.717) is 53.2 Å². The number of aromatic nitrogens is 5. The van der Waals surface area contributed by atoms with Crippen molar-refractivity contribution < 1.29 is 13.9 Å². The molecular formula is C23H21FN6O2S. The van der Waals surface area contributed by atoms with Crippen LogP contribution in [0.3, 0.4) is 0 Å². The summed E-state index contributed by atoms with van der Waals surface area (Å²) in [5, 5.41) is 14.2. The summed E-state index contributed by atoms with van der Waals surface area (Å²) in [7, 11) is 0. The molecule has 0 saturated heterocycles. The Morgan fingerprint density at radius 1 is 1.21 bits per heavy atom. The van der Waals surface area contributed by atoms with Crippen molar-refractivity contribution in [2.24, 2.45) is 0 Å². The SMILES string of the molecule is CCOc1ccc(C(=O)N[C@H]2C[C@H](c3nnc(-c4nccs4)n3-c3ccccc3F)C2)nc1. The topological polar surface area (TPSA) is 94.8 Å². The number of hydrogen-bond donors (Lipinski definition) is 1. The van der Waals surface area contributed by atoms with Crippen molar-refractivity contribution in [1.29, 1.82) is 0 Å². The fourth-order valence-corrected chi connectivity index (χ4v) is 4.49. The summed E-state index contributed by atoms with van der Waals surface area (Å²) < 4.78 is 21.8. The highest BCUT2D eigenvalue weighted by Gasteiger charge is 2.36. The van der Waals surface area contributed by atoms with Gasteiger partial charge in [-0.1, -0.05) is 12.1 Å². The number of hydrogen-bond acceptors (Lipinski definition) is 7. The maximum Gasteiger partial charge on any atom is 0.270 e. The molecule has 33 heavy (non-hydrogen) atoms. The zero-order chi connectivity index (χ0) is 22.8. The number of amides is 1. The Bertz CT molecular complexity index is 1250. The van der Waals surface area contributed by atoms with Gasteiger partial charge in [0.05, 0.1) is 18.5 Å². The Kier molecular flexibility index (Phi) is 5.82. The highest BCUT2D eigenvalue weighted by molar-refractivity contribution is 7.13. The van der Waals surface area contributed by atoms with Crippen molar-refractivity contribution in [2.45, 2.75) is 31.7 Å². The molecule has 1 aliphatic carbocycles. The van der Waals surface area contributed by atoms with Crippen LogP contribution in [0.1, 0.15) is 42.0 Å². The molecule has 1 N–H and O–H groups in total. The zero-order valence-electron chi connectivity index (χ0n) is 17.8. The van der Waals surface area contributed by atoms with Crippen molar-refractivity contribution in [2.75, 3.05) is 6.61 Å². The van der Waals surface area contributed by atoms with E-state index in [1.54, 1.807) is 47.3 Å². The molecule has 0 unspecified atom stereocenters. The lowest BCUT2D eigenvalue weighted by atomic mass is 9.79. The van der Waals surface area contributed by atoms with E-state index in [0.717, 1.165) is 0 Å². The predicted octanol–water partition coefficient (Wildman–Crippen LogP) is 4.00. The van der Waals surface area contributed by atoms with E-state index in [1.165, 1.54) is 17.4 Å². The zero-order valence-corrected chi connectivity index (χ0v) is 18.6. The van der Waals surface area contributed by atoms with Gasteiger partial charge in [-0.3, -0.25) is 9.36 Å². The van der Waals surface area contributed by atoms with Gasteiger partial charge in [-0.2, -0.15) is 0 Å². The molecule has 10 heteroatoms. The molecule has 1 saturated carbocycles. The summed E-state index contributed by atoms with van der Waals surface area (Å²) in [6.07, 6.45) is 4.57. The first kappa shape index (κ1) is 21.2. The molecule has 5 rings (SSSR count). The van der Waals surface area contributed by atoms with Gasteiger partial charge in [-0.05, 0) is 44.0 Å². The molecule has 0 bridgehead atoms. The maximum atomic E-state index is 14.7. The second-order valence-corrected chi connectivity index (χ2v) is 8.55. The van der Waals surface area contributed by atoms with Crippen molar-refractivity contribution in [3.8, 4) is 22.3 Å². The molecule has 1 aromatic carbocycles. The molecular weight excluding hydrogens is 443 g/mol. The highest BCUT2D eigenvalue weighted by atomic mass is 32.1. The first-order valence-electron chi connectivity index (χ1n) is 10.6. The standard InChI is InChI=1S/C23H21FN6O2S/c1-2-32-16-7-8-18(26-13-16)22(31)27-15-11-14(12-15)20-28-29-21(23-25-9-10-33-23)30(20)19-6-4-3-5-17(19)24/h3-10,13-15H,2,11-12H2,1H3,(H,27,31)/t14-,15-. The quantitative estimate of drug-likeness (QED) is 0.444. The monoisotopic (exact) mass is 464 g/mol. The lowest BCUT2D eigenvalue weighted by Gasteiger charge is -2.35. The van der Waals surface area contributed by atoms with E-state index in [2.05, 4.69) is 25.5 Å². The Morgan fingerprint density at radius 2 is 2.06 bits per heavy atom. The highest BCUT2D eigenvalue weighted by Crippen LogP contribution is 2.39. The summed E-state index contributed by atoms with van der Waals surface area (Å²) in [6.45, 7) is 2.43. The van der Waals surface area contributed by atoms with Crippen LogP contribution in [-0.4, -0.2) is 43.3 Å². The van der Waals surface area contributed by atoms with Gasteiger partial charge in [0.2, 0.25) is 0 Å². The van der Waals surface area contributed by atoms with Crippen LogP contribution in [0, 0.1) is 5.82 Å². The number of rotatable bonds is 7. The van der Waals surface area contributed by atoms with E-state index < -0.39 is 0 Å². The summed E-state index contributed by atoms with van der Waals surface area (Å²) in [6, 6.07) is 9.90. The molecule has 168 valence electrons. The van der Waals surface area contributed by atoms with Crippen LogP contribution in [0.5, 0.6) is 5.75 Å². The molecule has 3 aromatic heterocycles. The van der Waals surface area contributed by atoms with Crippen LogP contribution >= 0.6 is 11.3 Å². The lowest BCUT2D eigenvalue weighted by Crippen LogP contribution is -2.44. The minimum absolute atomic E-state index is 0.0232. The van der Waals surface area contributed by atoms with Gasteiger partial charge in [0.25, 0.3) is 5.91 Å². The number of pyridine rings is 1. The number of benzene rings is 1. The Balaban J connectivity index is 1.32. The molecule has 1 amide bonds. The number of nitrogens with one attached hydrogen (secondary N) is 1. The van der Waals surface area contributed by atoms with Gasteiger partial charge in [0.15, 0.2) is 10.8 Å². The Morgan fingerprint density at radius 3 is 2.76 bits per heavy atom. The van der Waals surface area contributed by atoms with Gasteiger partial charge in [-0.25, -0.2) is 14.4 Å². The number of thiazole rings is 1. The van der Waals surface area contributed by atoms with E-state index in [-0.39, 0.29) is 23.7 Å². The van der Waals surface area contributed by atoms with Gasteiger partial charge in [0, 0.05) is 23.5 Å². The number of ether oxygens (including phenoxy) is 1. The molecule has 3 heterocycles. The first-order chi connectivity index (χ1) is 16.1. The molecule has 1 aliphatic rings. The third kappa shape index (κ3) is 4.21. The molecule has 0 radical (unpaired) electrons. The van der Waals surface area contributed by atoms with Crippen LogP contribution in [0.2, 0.25) is 0 Å². The van der Waals surface area contributed by atoms with E-state index in [9.17, 15) is 9.18 Å².